The van der Waals surface area contributed by atoms with Crippen molar-refractivity contribution in [2.24, 2.45) is 0 Å². The molecule has 2 aromatic rings. The number of carbonyl (C=O) groups excluding carboxylic acids is 1. The molecule has 2 aromatic carbocycles. The summed E-state index contributed by atoms with van der Waals surface area (Å²) in [4.78, 5) is 32.8. The van der Waals surface area contributed by atoms with Crippen LogP contribution in [0, 0.1) is 17.3 Å². The molecule has 0 bridgehead atoms. The SMILES string of the molecule is CC(=O)N/C(=C/c1cc(I)c(OCc2cccc([N+](=O)[O-])c2)c(I)c1)C(=O)O. The van der Waals surface area contributed by atoms with Gasteiger partial charge in [-0.1, -0.05) is 12.1 Å². The standard InChI is InChI=1S/C18H14I2N2O6/c1-10(23)21-16(18(24)25)8-12-6-14(19)17(15(20)7-12)28-9-11-3-2-4-13(5-11)22(26)27/h2-8H,9H2,1H3,(H,21,23)(H,24,25)/b16-8+. The van der Waals surface area contributed by atoms with Gasteiger partial charge in [0, 0.05) is 19.1 Å². The maximum Gasteiger partial charge on any atom is 0.352 e. The molecule has 10 heteroatoms. The zero-order valence-electron chi connectivity index (χ0n) is 14.4. The predicted molar refractivity (Wildman–Crippen MR) is 119 cm³/mol. The number of aliphatic carboxylic acids is 1. The lowest BCUT2D eigenvalue weighted by Gasteiger charge is -2.12. The highest BCUT2D eigenvalue weighted by Crippen LogP contribution is 2.30. The number of halogens is 2. The Morgan fingerprint density at radius 2 is 1.89 bits per heavy atom. The van der Waals surface area contributed by atoms with Crippen molar-refractivity contribution in [3.05, 3.63) is 70.5 Å². The van der Waals surface area contributed by atoms with E-state index in [4.69, 9.17) is 4.74 Å². The van der Waals surface area contributed by atoms with Gasteiger partial charge in [-0.2, -0.15) is 0 Å². The van der Waals surface area contributed by atoms with Crippen molar-refractivity contribution < 1.29 is 24.4 Å². The molecule has 2 rings (SSSR count). The molecule has 2 N–H and O–H groups in total. The van der Waals surface area contributed by atoms with Crippen molar-refractivity contribution >= 4 is 68.8 Å². The van der Waals surface area contributed by atoms with Gasteiger partial charge in [-0.15, -0.1) is 0 Å². The average Bonchev–Trinajstić information content (AvgIpc) is 2.60. The van der Waals surface area contributed by atoms with E-state index < -0.39 is 16.8 Å². The van der Waals surface area contributed by atoms with Crippen molar-refractivity contribution in [2.75, 3.05) is 0 Å². The van der Waals surface area contributed by atoms with Crippen LogP contribution in [0.25, 0.3) is 6.08 Å². The Labute approximate surface area is 187 Å². The Morgan fingerprint density at radius 1 is 1.25 bits per heavy atom. The Balaban J connectivity index is 2.24. The number of carbonyl (C=O) groups is 2. The largest absolute Gasteiger partial charge is 0.487 e. The molecule has 0 radical (unpaired) electrons. The van der Waals surface area contributed by atoms with Crippen molar-refractivity contribution in [1.82, 2.24) is 5.32 Å². The first-order valence-electron chi connectivity index (χ1n) is 7.75. The van der Waals surface area contributed by atoms with Crippen LogP contribution in [0.2, 0.25) is 0 Å². The van der Waals surface area contributed by atoms with E-state index in [0.29, 0.717) is 16.9 Å². The average molecular weight is 608 g/mol. The molecule has 0 spiro atoms. The van der Waals surface area contributed by atoms with Crippen LogP contribution < -0.4 is 10.1 Å². The third-order valence-corrected chi connectivity index (χ3v) is 4.98. The summed E-state index contributed by atoms with van der Waals surface area (Å²) in [6.45, 7) is 1.38. The van der Waals surface area contributed by atoms with Crippen molar-refractivity contribution in [3.8, 4) is 5.75 Å². The molecule has 146 valence electrons. The van der Waals surface area contributed by atoms with Crippen LogP contribution >= 0.6 is 45.2 Å². The Bertz CT molecular complexity index is 951. The zero-order valence-corrected chi connectivity index (χ0v) is 18.8. The number of ether oxygens (including phenoxy) is 1. The summed E-state index contributed by atoms with van der Waals surface area (Å²) in [5.74, 6) is -1.14. The first-order valence-corrected chi connectivity index (χ1v) is 9.91. The highest BCUT2D eigenvalue weighted by molar-refractivity contribution is 14.1. The van der Waals surface area contributed by atoms with Crippen LogP contribution in [0.1, 0.15) is 18.1 Å². The van der Waals surface area contributed by atoms with E-state index in [1.54, 1.807) is 24.3 Å². The number of nitro groups is 1. The number of amides is 1. The molecule has 0 heterocycles. The van der Waals surface area contributed by atoms with Gasteiger partial charge in [0.2, 0.25) is 5.91 Å². The quantitative estimate of drug-likeness (QED) is 0.213. The van der Waals surface area contributed by atoms with Crippen molar-refractivity contribution in [2.45, 2.75) is 13.5 Å². The molecule has 0 unspecified atom stereocenters. The fraction of sp³-hybridized carbons (Fsp3) is 0.111. The van der Waals surface area contributed by atoms with Gasteiger partial charge in [-0.3, -0.25) is 14.9 Å². The van der Waals surface area contributed by atoms with Crippen LogP contribution in [0.3, 0.4) is 0 Å². The molecule has 0 fully saturated rings. The van der Waals surface area contributed by atoms with Gasteiger partial charge in [-0.25, -0.2) is 4.79 Å². The second-order valence-electron chi connectivity index (χ2n) is 5.57. The number of hydrogen-bond donors (Lipinski definition) is 2. The third-order valence-electron chi connectivity index (χ3n) is 3.38. The van der Waals surface area contributed by atoms with Crippen LogP contribution in [-0.4, -0.2) is 21.9 Å². The van der Waals surface area contributed by atoms with Crippen molar-refractivity contribution in [1.29, 1.82) is 0 Å². The van der Waals surface area contributed by atoms with Crippen LogP contribution in [0.15, 0.2) is 42.1 Å². The fourth-order valence-electron chi connectivity index (χ4n) is 2.22. The molecule has 8 nitrogen and oxygen atoms in total. The number of benzene rings is 2. The molecule has 0 aromatic heterocycles. The van der Waals surface area contributed by atoms with Gasteiger partial charge < -0.3 is 15.2 Å². The van der Waals surface area contributed by atoms with Crippen LogP contribution in [-0.2, 0) is 16.2 Å². The lowest BCUT2D eigenvalue weighted by Crippen LogP contribution is -2.24. The molecule has 28 heavy (non-hydrogen) atoms. The van der Waals surface area contributed by atoms with Gasteiger partial charge in [-0.05, 0) is 74.5 Å². The summed E-state index contributed by atoms with van der Waals surface area (Å²) in [6.07, 6.45) is 1.36. The number of rotatable bonds is 7. The third kappa shape index (κ3) is 6.15. The molecular formula is C18H14I2N2O6. The number of carboxylic acid groups (broad SMARTS) is 1. The van der Waals surface area contributed by atoms with Gasteiger partial charge in [0.25, 0.3) is 5.69 Å². The molecule has 0 saturated carbocycles. The topological polar surface area (TPSA) is 119 Å². The minimum Gasteiger partial charge on any atom is -0.487 e. The Hall–Kier alpha value is -2.22. The number of carboxylic acids is 1. The summed E-state index contributed by atoms with van der Waals surface area (Å²) >= 11 is 4.12. The molecule has 0 aliphatic rings. The van der Waals surface area contributed by atoms with E-state index in [1.165, 1.54) is 25.1 Å². The number of hydrogen-bond acceptors (Lipinski definition) is 5. The first-order chi connectivity index (χ1) is 13.2. The number of nitro benzene ring substituents is 1. The molecule has 0 aliphatic carbocycles. The normalized spacial score (nSPS) is 11.0. The molecule has 0 saturated heterocycles. The van der Waals surface area contributed by atoms with Crippen LogP contribution in [0.5, 0.6) is 5.75 Å². The van der Waals surface area contributed by atoms with Crippen LogP contribution in [0.4, 0.5) is 5.69 Å². The molecule has 1 amide bonds. The maximum absolute atomic E-state index is 11.3. The van der Waals surface area contributed by atoms with Gasteiger partial charge in [0.05, 0.1) is 12.1 Å². The minimum atomic E-state index is -1.24. The van der Waals surface area contributed by atoms with Gasteiger partial charge in [0.15, 0.2) is 0 Å². The molecule has 0 aliphatic heterocycles. The summed E-state index contributed by atoms with van der Waals surface area (Å²) in [5, 5.41) is 22.3. The van der Waals surface area contributed by atoms with E-state index >= 15 is 0 Å². The summed E-state index contributed by atoms with van der Waals surface area (Å²) < 4.78 is 7.28. The second-order valence-corrected chi connectivity index (χ2v) is 7.90. The maximum atomic E-state index is 11.3. The summed E-state index contributed by atoms with van der Waals surface area (Å²) in [6, 6.07) is 9.62. The van der Waals surface area contributed by atoms with Gasteiger partial charge in [0.1, 0.15) is 18.1 Å². The highest BCUT2D eigenvalue weighted by Gasteiger charge is 2.13. The van der Waals surface area contributed by atoms with E-state index in [0.717, 1.165) is 7.14 Å². The van der Waals surface area contributed by atoms with E-state index in [9.17, 15) is 24.8 Å². The second kappa shape index (κ2) is 9.82. The number of non-ortho nitro benzene ring substituents is 1. The zero-order chi connectivity index (χ0) is 20.8. The van der Waals surface area contributed by atoms with E-state index in [2.05, 4.69) is 50.5 Å². The lowest BCUT2D eigenvalue weighted by atomic mass is 10.2. The van der Waals surface area contributed by atoms with E-state index in [1.807, 2.05) is 0 Å². The van der Waals surface area contributed by atoms with E-state index in [-0.39, 0.29) is 18.0 Å². The molecule has 0 atom stereocenters. The summed E-state index contributed by atoms with van der Waals surface area (Å²) in [5.41, 5.74) is 1.00. The Morgan fingerprint density at radius 3 is 2.43 bits per heavy atom. The first kappa shape index (κ1) is 22.1. The fourth-order valence-corrected chi connectivity index (χ4v) is 4.35. The van der Waals surface area contributed by atoms with Crippen molar-refractivity contribution in [3.63, 3.8) is 0 Å². The smallest absolute Gasteiger partial charge is 0.352 e. The number of nitrogens with one attached hydrogen (secondary N) is 1. The monoisotopic (exact) mass is 608 g/mol. The Kier molecular flexibility index (Phi) is 7.74. The molecular weight excluding hydrogens is 594 g/mol. The minimum absolute atomic E-state index is 0.00912. The van der Waals surface area contributed by atoms with Gasteiger partial charge >= 0.3 is 5.97 Å². The number of nitrogens with zero attached hydrogens (tertiary/aromatic N) is 1. The predicted octanol–water partition coefficient (Wildman–Crippen LogP) is 3.94. The summed E-state index contributed by atoms with van der Waals surface area (Å²) in [7, 11) is 0. The highest BCUT2D eigenvalue weighted by atomic mass is 127. The lowest BCUT2D eigenvalue weighted by molar-refractivity contribution is -0.384.